The number of allylic oxidation sites excluding steroid dienone is 3. The highest BCUT2D eigenvalue weighted by molar-refractivity contribution is 6.12. The predicted molar refractivity (Wildman–Crippen MR) is 134 cm³/mol. The summed E-state index contributed by atoms with van der Waals surface area (Å²) in [5.74, 6) is 1.18. The Balaban J connectivity index is 1.71. The third-order valence-electron chi connectivity index (χ3n) is 6.53. The fraction of sp³-hybridized carbons (Fsp3) is 0.276. The van der Waals surface area contributed by atoms with Crippen molar-refractivity contribution in [3.8, 4) is 0 Å². The van der Waals surface area contributed by atoms with E-state index in [0.717, 1.165) is 6.42 Å². The highest BCUT2D eigenvalue weighted by Gasteiger charge is 2.29. The first-order valence-corrected chi connectivity index (χ1v) is 11.5. The van der Waals surface area contributed by atoms with Crippen LogP contribution in [0, 0.1) is 5.92 Å². The van der Waals surface area contributed by atoms with Crippen LogP contribution in [0.4, 0.5) is 0 Å². The second kappa shape index (κ2) is 9.86. The van der Waals surface area contributed by atoms with E-state index in [1.807, 2.05) is 13.3 Å². The van der Waals surface area contributed by atoms with Gasteiger partial charge in [0, 0.05) is 24.5 Å². The van der Waals surface area contributed by atoms with E-state index in [2.05, 4.69) is 72.7 Å². The van der Waals surface area contributed by atoms with E-state index in [4.69, 9.17) is 4.99 Å². The van der Waals surface area contributed by atoms with Gasteiger partial charge >= 0.3 is 0 Å². The average molecular weight is 425 g/mol. The maximum absolute atomic E-state index is 10.1. The second-order valence-corrected chi connectivity index (χ2v) is 8.70. The lowest BCUT2D eigenvalue weighted by Gasteiger charge is -2.36. The topological polar surface area (TPSA) is 35.8 Å². The molecule has 3 nitrogen and oxygen atoms in total. The first kappa shape index (κ1) is 21.9. The summed E-state index contributed by atoms with van der Waals surface area (Å²) in [6, 6.07) is 19.4. The van der Waals surface area contributed by atoms with E-state index in [1.165, 1.54) is 60.1 Å². The fourth-order valence-electron chi connectivity index (χ4n) is 4.89. The molecule has 0 aromatic heterocycles. The van der Waals surface area contributed by atoms with Crippen LogP contribution in [0.1, 0.15) is 48.8 Å². The van der Waals surface area contributed by atoms with Crippen molar-refractivity contribution < 1.29 is 5.11 Å². The Hall–Kier alpha value is -3.33. The molecule has 2 aliphatic rings. The van der Waals surface area contributed by atoms with Gasteiger partial charge in [-0.2, -0.15) is 0 Å². The molecule has 4 rings (SSSR count). The van der Waals surface area contributed by atoms with Crippen LogP contribution in [-0.2, 0) is 6.42 Å². The van der Waals surface area contributed by atoms with Gasteiger partial charge in [0.1, 0.15) is 11.6 Å². The molecule has 0 unspecified atom stereocenters. The number of nitrogens with zero attached hydrogens (tertiary/aromatic N) is 2. The Morgan fingerprint density at radius 3 is 2.31 bits per heavy atom. The summed E-state index contributed by atoms with van der Waals surface area (Å²) in [6.45, 7) is 7.56. The lowest BCUT2D eigenvalue weighted by atomic mass is 9.83. The van der Waals surface area contributed by atoms with Gasteiger partial charge in [0.15, 0.2) is 0 Å². The van der Waals surface area contributed by atoms with Gasteiger partial charge in [0.05, 0.1) is 5.57 Å². The van der Waals surface area contributed by atoms with E-state index in [0.29, 0.717) is 17.3 Å². The van der Waals surface area contributed by atoms with E-state index in [1.54, 1.807) is 6.08 Å². The minimum absolute atomic E-state index is 0.00397. The Morgan fingerprint density at radius 2 is 1.69 bits per heavy atom. The van der Waals surface area contributed by atoms with Crippen molar-refractivity contribution in [1.82, 2.24) is 4.90 Å². The Morgan fingerprint density at radius 1 is 1.03 bits per heavy atom. The molecular formula is C29H32N2O. The summed E-state index contributed by atoms with van der Waals surface area (Å²) in [7, 11) is 2.05. The molecule has 0 saturated heterocycles. The molecule has 32 heavy (non-hydrogen) atoms. The molecule has 0 bridgehead atoms. The summed E-state index contributed by atoms with van der Waals surface area (Å²) < 4.78 is 0. The number of aliphatic hydroxyl groups is 1. The summed E-state index contributed by atoms with van der Waals surface area (Å²) in [6.07, 6.45) is 10.7. The molecule has 3 heteroatoms. The molecule has 0 amide bonds. The molecule has 2 aromatic carbocycles. The first-order chi connectivity index (χ1) is 15.6. The largest absolute Gasteiger partial charge is 0.508 e. The smallest absolute Gasteiger partial charge is 0.143 e. The minimum Gasteiger partial charge on any atom is -0.508 e. The zero-order valence-corrected chi connectivity index (χ0v) is 18.9. The van der Waals surface area contributed by atoms with E-state index in [9.17, 15) is 5.11 Å². The Kier molecular flexibility index (Phi) is 6.75. The lowest BCUT2D eigenvalue weighted by Crippen LogP contribution is -2.29. The van der Waals surface area contributed by atoms with Crippen molar-refractivity contribution in [1.29, 1.82) is 0 Å². The molecule has 164 valence electrons. The van der Waals surface area contributed by atoms with Gasteiger partial charge in [0.2, 0.25) is 0 Å². The number of hydrogen-bond donors (Lipinski definition) is 1. The number of benzene rings is 2. The van der Waals surface area contributed by atoms with E-state index < -0.39 is 0 Å². The van der Waals surface area contributed by atoms with Gasteiger partial charge in [-0.3, -0.25) is 0 Å². The Bertz CT molecular complexity index is 1070. The molecule has 1 saturated carbocycles. The average Bonchev–Trinajstić information content (AvgIpc) is 2.82. The van der Waals surface area contributed by atoms with Gasteiger partial charge in [0.25, 0.3) is 0 Å². The van der Waals surface area contributed by atoms with Gasteiger partial charge < -0.3 is 10.0 Å². The molecule has 1 heterocycles. The monoisotopic (exact) mass is 424 g/mol. The zero-order valence-electron chi connectivity index (χ0n) is 18.9. The van der Waals surface area contributed by atoms with Crippen molar-refractivity contribution in [2.45, 2.75) is 38.5 Å². The van der Waals surface area contributed by atoms with Crippen LogP contribution in [0.5, 0.6) is 0 Å². The van der Waals surface area contributed by atoms with Gasteiger partial charge in [-0.1, -0.05) is 93.1 Å². The molecule has 0 spiro atoms. The Labute approximate surface area is 191 Å². The van der Waals surface area contributed by atoms with Gasteiger partial charge in [-0.05, 0) is 41.9 Å². The number of aliphatic imine (C=N–C) groups is 1. The third kappa shape index (κ3) is 4.62. The van der Waals surface area contributed by atoms with Crippen molar-refractivity contribution in [2.75, 3.05) is 7.05 Å². The van der Waals surface area contributed by atoms with Crippen LogP contribution >= 0.6 is 0 Å². The van der Waals surface area contributed by atoms with E-state index in [-0.39, 0.29) is 5.76 Å². The molecule has 1 N–H and O–H groups in total. The predicted octanol–water partition coefficient (Wildman–Crippen LogP) is 7.05. The molecule has 1 aliphatic carbocycles. The zero-order chi connectivity index (χ0) is 22.5. The molecular weight excluding hydrogens is 392 g/mol. The van der Waals surface area contributed by atoms with E-state index >= 15 is 0 Å². The first-order valence-electron chi connectivity index (χ1n) is 11.5. The highest BCUT2D eigenvalue weighted by atomic mass is 16.3. The standard InChI is InChI=1S/C29H32N2O/c1-4-26(21(2)32)29-30-20-27(28(31(29)3)25-13-9-6-10-14-25)24-17-15-23(16-18-24)19-22-11-7-5-8-12-22/h4-5,7-8,11-12,15-18,20,25,32H,1-2,6,9-10,13-14,19H2,3H3/b29-26+. The molecule has 1 fully saturated rings. The molecule has 1 aliphatic heterocycles. The van der Waals surface area contributed by atoms with Crippen LogP contribution in [0.3, 0.4) is 0 Å². The maximum atomic E-state index is 10.1. The van der Waals surface area contributed by atoms with Crippen molar-refractivity contribution in [3.63, 3.8) is 0 Å². The molecule has 0 radical (unpaired) electrons. The third-order valence-corrected chi connectivity index (χ3v) is 6.53. The number of aliphatic hydroxyl groups excluding tert-OH is 1. The quantitative estimate of drug-likeness (QED) is 0.504. The lowest BCUT2D eigenvalue weighted by molar-refractivity contribution is 0.332. The van der Waals surface area contributed by atoms with Crippen molar-refractivity contribution >= 4 is 11.8 Å². The summed E-state index contributed by atoms with van der Waals surface area (Å²) in [5.41, 5.74) is 6.83. The summed E-state index contributed by atoms with van der Waals surface area (Å²) in [4.78, 5) is 6.87. The number of rotatable bonds is 6. The minimum atomic E-state index is -0.00397. The van der Waals surface area contributed by atoms with Crippen LogP contribution in [0.2, 0.25) is 0 Å². The van der Waals surface area contributed by atoms with Crippen LogP contribution in [0.25, 0.3) is 5.57 Å². The van der Waals surface area contributed by atoms with Crippen LogP contribution < -0.4 is 0 Å². The van der Waals surface area contributed by atoms with Gasteiger partial charge in [-0.25, -0.2) is 4.99 Å². The fourth-order valence-corrected chi connectivity index (χ4v) is 4.89. The van der Waals surface area contributed by atoms with Gasteiger partial charge in [-0.15, -0.1) is 0 Å². The summed E-state index contributed by atoms with van der Waals surface area (Å²) in [5, 5.41) is 10.1. The second-order valence-electron chi connectivity index (χ2n) is 8.70. The SMILES string of the molecule is C=C/C(C(=C)O)=C1/N=CC(c2ccc(Cc3ccccc3)cc2)=C(C2CCCCC2)N1C. The van der Waals surface area contributed by atoms with Crippen LogP contribution in [-0.4, -0.2) is 23.3 Å². The normalized spacial score (nSPS) is 18.6. The maximum Gasteiger partial charge on any atom is 0.143 e. The molecule has 0 atom stereocenters. The summed E-state index contributed by atoms with van der Waals surface area (Å²) >= 11 is 0. The van der Waals surface area contributed by atoms with Crippen molar-refractivity contribution in [3.05, 3.63) is 113 Å². The highest BCUT2D eigenvalue weighted by Crippen LogP contribution is 2.39. The number of hydrogen-bond acceptors (Lipinski definition) is 3. The molecule has 2 aromatic rings. The van der Waals surface area contributed by atoms with Crippen molar-refractivity contribution in [2.24, 2.45) is 10.9 Å². The van der Waals surface area contributed by atoms with Crippen LogP contribution in [0.15, 0.2) is 102 Å².